The van der Waals surface area contributed by atoms with Crippen molar-refractivity contribution >= 4 is 40.6 Å². The largest absolute Gasteiger partial charge is 0.321 e. The van der Waals surface area contributed by atoms with Crippen molar-refractivity contribution in [3.05, 3.63) is 94.3 Å². The molecule has 2 N–H and O–H groups in total. The number of fused-ring (bicyclic) bond motifs is 1. The lowest BCUT2D eigenvalue weighted by Crippen LogP contribution is -2.47. The van der Waals surface area contributed by atoms with E-state index in [0.29, 0.717) is 16.3 Å². The number of hydrogen-bond donors (Lipinski definition) is 2. The van der Waals surface area contributed by atoms with E-state index >= 15 is 0 Å². The first kappa shape index (κ1) is 22.0. The van der Waals surface area contributed by atoms with Crippen LogP contribution in [0.3, 0.4) is 0 Å². The molecule has 9 heteroatoms. The second kappa shape index (κ2) is 9.10. The minimum atomic E-state index is -1.34. The monoisotopic (exact) mass is 461 g/mol. The van der Waals surface area contributed by atoms with Gasteiger partial charge in [0.25, 0.3) is 5.91 Å². The van der Waals surface area contributed by atoms with Gasteiger partial charge < -0.3 is 15.5 Å². The molecule has 1 atom stereocenters. The minimum absolute atomic E-state index is 0.157. The Hall–Kier alpha value is -4.22. The topological polar surface area (TPSA) is 97.6 Å². The van der Waals surface area contributed by atoms with E-state index < -0.39 is 23.9 Å². The number of anilines is 2. The van der Waals surface area contributed by atoms with E-state index in [1.165, 1.54) is 29.2 Å². The van der Waals surface area contributed by atoms with Crippen LogP contribution in [0.15, 0.2) is 71.7 Å². The Bertz CT molecular complexity index is 1330. The zero-order chi connectivity index (χ0) is 23.5. The molecule has 3 amide bonds. The van der Waals surface area contributed by atoms with Crippen LogP contribution in [0.5, 0.6) is 0 Å². The first-order valence-corrected chi connectivity index (χ1v) is 10.2. The van der Waals surface area contributed by atoms with E-state index in [0.717, 1.165) is 0 Å². The maximum absolute atomic E-state index is 14.7. The van der Waals surface area contributed by atoms with Gasteiger partial charge in [-0.25, -0.2) is 14.2 Å². The fourth-order valence-corrected chi connectivity index (χ4v) is 3.66. The number of nitrogens with one attached hydrogen (secondary N) is 2. The molecule has 0 saturated heterocycles. The predicted molar refractivity (Wildman–Crippen MR) is 124 cm³/mol. The molecule has 0 spiro atoms. The number of likely N-dealkylation sites (N-methyl/N-ethyl adjacent to an activating group) is 1. The molecule has 1 aliphatic rings. The molecule has 0 aromatic heterocycles. The van der Waals surface area contributed by atoms with Gasteiger partial charge in [-0.2, -0.15) is 5.26 Å². The summed E-state index contributed by atoms with van der Waals surface area (Å²) in [5.74, 6) is -1.02. The molecule has 0 bridgehead atoms. The molecular formula is C24H17ClFN5O2. The number of benzodiazepines with no additional fused rings is 1. The van der Waals surface area contributed by atoms with Crippen molar-refractivity contribution < 1.29 is 14.0 Å². The van der Waals surface area contributed by atoms with Crippen LogP contribution < -0.4 is 15.5 Å². The third-order valence-corrected chi connectivity index (χ3v) is 5.33. The number of halogens is 2. The van der Waals surface area contributed by atoms with Crippen LogP contribution in [-0.4, -0.2) is 30.9 Å². The summed E-state index contributed by atoms with van der Waals surface area (Å²) >= 11 is 5.89. The number of carbonyl (C=O) groups is 2. The third kappa shape index (κ3) is 4.40. The van der Waals surface area contributed by atoms with Crippen molar-refractivity contribution in [1.82, 2.24) is 5.32 Å². The molecular weight excluding hydrogens is 445 g/mol. The summed E-state index contributed by atoms with van der Waals surface area (Å²) in [6.45, 7) is 0. The smallest absolute Gasteiger partial charge is 0.311 e. The Morgan fingerprint density at radius 3 is 2.55 bits per heavy atom. The van der Waals surface area contributed by atoms with Gasteiger partial charge in [-0.1, -0.05) is 41.9 Å². The molecule has 4 rings (SSSR count). The first-order chi connectivity index (χ1) is 15.9. The van der Waals surface area contributed by atoms with Crippen molar-refractivity contribution in [1.29, 1.82) is 5.26 Å². The van der Waals surface area contributed by atoms with Gasteiger partial charge in [-0.3, -0.25) is 4.79 Å². The zero-order valence-corrected chi connectivity index (χ0v) is 18.1. The molecule has 1 heterocycles. The highest BCUT2D eigenvalue weighted by molar-refractivity contribution is 6.30. The summed E-state index contributed by atoms with van der Waals surface area (Å²) in [4.78, 5) is 31.6. The number of rotatable bonds is 3. The van der Waals surface area contributed by atoms with E-state index in [9.17, 15) is 19.2 Å². The molecule has 0 fully saturated rings. The van der Waals surface area contributed by atoms with Gasteiger partial charge in [0.2, 0.25) is 6.17 Å². The number of hydrogen-bond acceptors (Lipinski definition) is 4. The lowest BCUT2D eigenvalue weighted by atomic mass is 10.00. The van der Waals surface area contributed by atoms with E-state index in [4.69, 9.17) is 11.6 Å². The standard InChI is InChI=1S/C24H17ClFN5O2/c1-31-20-9-5-3-7-17(20)21(16-6-2-4-8-18(16)26)29-22(23(31)32)30-24(33)28-19-11-10-15(25)12-14(19)13-27/h2-12,22H,1H3,(H2,28,30,33). The highest BCUT2D eigenvalue weighted by Crippen LogP contribution is 2.28. The van der Waals surface area contributed by atoms with Gasteiger partial charge in [-0.15, -0.1) is 0 Å². The van der Waals surface area contributed by atoms with Crippen LogP contribution in [0.1, 0.15) is 16.7 Å². The summed E-state index contributed by atoms with van der Waals surface area (Å²) in [7, 11) is 1.56. The predicted octanol–water partition coefficient (Wildman–Crippen LogP) is 4.31. The van der Waals surface area contributed by atoms with Crippen LogP contribution in [-0.2, 0) is 4.79 Å². The number of para-hydroxylation sites is 1. The molecule has 0 aliphatic carbocycles. The number of carbonyl (C=O) groups excluding carboxylic acids is 2. The second-order valence-electron chi connectivity index (χ2n) is 7.17. The molecule has 3 aromatic carbocycles. The van der Waals surface area contributed by atoms with Crippen molar-refractivity contribution in [3.8, 4) is 6.07 Å². The number of benzene rings is 3. The lowest BCUT2D eigenvalue weighted by Gasteiger charge is -2.21. The third-order valence-electron chi connectivity index (χ3n) is 5.09. The Morgan fingerprint density at radius 2 is 1.82 bits per heavy atom. The number of nitriles is 1. The Labute approximate surface area is 194 Å². The van der Waals surface area contributed by atoms with Crippen LogP contribution in [0.2, 0.25) is 5.02 Å². The molecule has 1 aliphatic heterocycles. The number of amides is 3. The van der Waals surface area contributed by atoms with Gasteiger partial charge in [0.05, 0.1) is 22.6 Å². The van der Waals surface area contributed by atoms with Gasteiger partial charge in [0.15, 0.2) is 0 Å². The summed E-state index contributed by atoms with van der Waals surface area (Å²) in [6, 6.07) is 18.7. The first-order valence-electron chi connectivity index (χ1n) is 9.86. The molecule has 3 aromatic rings. The highest BCUT2D eigenvalue weighted by atomic mass is 35.5. The van der Waals surface area contributed by atoms with Crippen molar-refractivity contribution in [2.24, 2.45) is 4.99 Å². The fourth-order valence-electron chi connectivity index (χ4n) is 3.48. The molecule has 1 unspecified atom stereocenters. The molecule has 33 heavy (non-hydrogen) atoms. The number of aliphatic imine (C=N–C) groups is 1. The van der Waals surface area contributed by atoms with Crippen molar-refractivity contribution in [2.45, 2.75) is 6.17 Å². The number of urea groups is 1. The van der Waals surface area contributed by atoms with Gasteiger partial charge in [-0.05, 0) is 36.4 Å². The minimum Gasteiger partial charge on any atom is -0.311 e. The fraction of sp³-hybridized carbons (Fsp3) is 0.0833. The van der Waals surface area contributed by atoms with Crippen molar-refractivity contribution in [2.75, 3.05) is 17.3 Å². The van der Waals surface area contributed by atoms with Crippen LogP contribution in [0, 0.1) is 17.1 Å². The SMILES string of the molecule is CN1C(=O)C(NC(=O)Nc2ccc(Cl)cc2C#N)N=C(c2ccccc2F)c2ccccc21. The molecule has 0 radical (unpaired) electrons. The van der Waals surface area contributed by atoms with E-state index in [1.807, 2.05) is 6.07 Å². The second-order valence-corrected chi connectivity index (χ2v) is 7.61. The molecule has 0 saturated carbocycles. The van der Waals surface area contributed by atoms with E-state index in [-0.39, 0.29) is 22.5 Å². The van der Waals surface area contributed by atoms with Crippen LogP contribution in [0.25, 0.3) is 0 Å². The summed E-state index contributed by atoms with van der Waals surface area (Å²) in [6.07, 6.45) is -1.34. The van der Waals surface area contributed by atoms with E-state index in [2.05, 4.69) is 15.6 Å². The Kier molecular flexibility index (Phi) is 6.07. The highest BCUT2D eigenvalue weighted by Gasteiger charge is 2.31. The van der Waals surface area contributed by atoms with Crippen molar-refractivity contribution in [3.63, 3.8) is 0 Å². The quantitative estimate of drug-likeness (QED) is 0.608. The average Bonchev–Trinajstić information content (AvgIpc) is 2.91. The van der Waals surface area contributed by atoms with Gasteiger partial charge in [0, 0.05) is 23.2 Å². The molecule has 164 valence electrons. The maximum atomic E-state index is 14.7. The normalized spacial score (nSPS) is 15.1. The summed E-state index contributed by atoms with van der Waals surface area (Å²) in [5.41, 5.74) is 1.88. The van der Waals surface area contributed by atoms with Crippen LogP contribution >= 0.6 is 11.6 Å². The zero-order valence-electron chi connectivity index (χ0n) is 17.3. The average molecular weight is 462 g/mol. The lowest BCUT2D eigenvalue weighted by molar-refractivity contribution is -0.119. The van der Waals surface area contributed by atoms with Gasteiger partial charge in [0.1, 0.15) is 11.9 Å². The maximum Gasteiger partial charge on any atom is 0.321 e. The Balaban J connectivity index is 1.72. The summed E-state index contributed by atoms with van der Waals surface area (Å²) in [5, 5.41) is 14.7. The van der Waals surface area contributed by atoms with Crippen LogP contribution in [0.4, 0.5) is 20.6 Å². The van der Waals surface area contributed by atoms with Gasteiger partial charge >= 0.3 is 6.03 Å². The Morgan fingerprint density at radius 1 is 1.12 bits per heavy atom. The summed E-state index contributed by atoms with van der Waals surface area (Å²) < 4.78 is 14.7. The molecule has 7 nitrogen and oxygen atoms in total. The number of nitrogens with zero attached hydrogens (tertiary/aromatic N) is 3. The van der Waals surface area contributed by atoms with E-state index in [1.54, 1.807) is 49.5 Å².